The van der Waals surface area contributed by atoms with Crippen molar-refractivity contribution in [3.8, 4) is 0 Å². The van der Waals surface area contributed by atoms with Gasteiger partial charge in [0.25, 0.3) is 0 Å². The van der Waals surface area contributed by atoms with Gasteiger partial charge >= 0.3 is 12.2 Å². The van der Waals surface area contributed by atoms with E-state index in [4.69, 9.17) is 4.42 Å². The van der Waals surface area contributed by atoms with E-state index < -0.39 is 17.8 Å². The van der Waals surface area contributed by atoms with E-state index in [2.05, 4.69) is 5.32 Å². The number of carbonyl (C=O) groups is 1. The molecule has 0 aliphatic rings. The smallest absolute Gasteiger partial charge is 0.418 e. The monoisotopic (exact) mass is 369 g/mol. The van der Waals surface area contributed by atoms with Gasteiger partial charge in [0.15, 0.2) is 0 Å². The van der Waals surface area contributed by atoms with E-state index in [9.17, 15) is 18.0 Å². The average Bonchev–Trinajstić information content (AvgIpc) is 2.95. The van der Waals surface area contributed by atoms with Crippen LogP contribution in [0.2, 0.25) is 0 Å². The Labute approximate surface area is 150 Å². The Morgan fingerprint density at radius 1 is 1.12 bits per heavy atom. The van der Waals surface area contributed by atoms with Gasteiger partial charge in [0.1, 0.15) is 11.5 Å². The number of anilines is 1. The fraction of sp³-hybridized carbons (Fsp3) is 0.389. The lowest BCUT2D eigenvalue weighted by atomic mass is 10.1. The molecule has 142 valence electrons. The highest BCUT2D eigenvalue weighted by Gasteiger charge is 2.34. The first kappa shape index (κ1) is 19.8. The Morgan fingerprint density at radius 2 is 1.81 bits per heavy atom. The van der Waals surface area contributed by atoms with E-state index in [1.165, 1.54) is 23.1 Å². The van der Waals surface area contributed by atoms with Gasteiger partial charge in [-0.1, -0.05) is 12.1 Å². The number of carbonyl (C=O) groups excluding carboxylic acids is 1. The molecular formula is C18H22F3N3O2. The molecule has 0 bridgehead atoms. The Kier molecular flexibility index (Phi) is 6.31. The summed E-state index contributed by atoms with van der Waals surface area (Å²) in [4.78, 5) is 15.9. The van der Waals surface area contributed by atoms with Crippen LogP contribution in [0.3, 0.4) is 0 Å². The van der Waals surface area contributed by atoms with Crippen LogP contribution in [0.15, 0.2) is 40.8 Å². The summed E-state index contributed by atoms with van der Waals surface area (Å²) in [5.74, 6) is 1.27. The molecule has 26 heavy (non-hydrogen) atoms. The minimum Gasteiger partial charge on any atom is -0.464 e. The molecule has 2 amide bonds. The highest BCUT2D eigenvalue weighted by Crippen LogP contribution is 2.34. The van der Waals surface area contributed by atoms with Crippen LogP contribution in [0.5, 0.6) is 0 Å². The van der Waals surface area contributed by atoms with Gasteiger partial charge in [-0.25, -0.2) is 4.79 Å². The summed E-state index contributed by atoms with van der Waals surface area (Å²) in [6, 6.07) is 7.82. The van der Waals surface area contributed by atoms with Crippen LogP contribution in [-0.2, 0) is 12.7 Å². The van der Waals surface area contributed by atoms with E-state index in [0.29, 0.717) is 24.6 Å². The number of amides is 2. The lowest BCUT2D eigenvalue weighted by molar-refractivity contribution is -0.136. The second-order valence-electron chi connectivity index (χ2n) is 6.21. The maximum Gasteiger partial charge on any atom is 0.418 e. The molecule has 0 unspecified atom stereocenters. The number of hydrogen-bond donors (Lipinski definition) is 1. The summed E-state index contributed by atoms with van der Waals surface area (Å²) in [5, 5.41) is 2.37. The molecule has 0 spiro atoms. The highest BCUT2D eigenvalue weighted by molar-refractivity contribution is 5.90. The number of furan rings is 1. The number of likely N-dealkylation sites (N-methyl/N-ethyl adjacent to an activating group) is 1. The van der Waals surface area contributed by atoms with Crippen molar-refractivity contribution in [1.29, 1.82) is 0 Å². The molecule has 0 aliphatic heterocycles. The van der Waals surface area contributed by atoms with Crippen LogP contribution in [-0.4, -0.2) is 43.0 Å². The number of nitrogens with zero attached hydrogens (tertiary/aromatic N) is 2. The number of aryl methyl sites for hydroxylation is 1. The molecule has 1 heterocycles. The largest absolute Gasteiger partial charge is 0.464 e. The molecule has 0 aliphatic carbocycles. The molecular weight excluding hydrogens is 347 g/mol. The highest BCUT2D eigenvalue weighted by atomic mass is 19.4. The van der Waals surface area contributed by atoms with Crippen LogP contribution < -0.4 is 5.32 Å². The second kappa shape index (κ2) is 8.27. The summed E-state index contributed by atoms with van der Waals surface area (Å²) in [7, 11) is 3.71. The predicted octanol–water partition coefficient (Wildman–Crippen LogP) is 4.20. The second-order valence-corrected chi connectivity index (χ2v) is 6.21. The summed E-state index contributed by atoms with van der Waals surface area (Å²) < 4.78 is 44.8. The molecule has 0 radical (unpaired) electrons. The van der Waals surface area contributed by atoms with E-state index in [1.54, 1.807) is 19.1 Å². The van der Waals surface area contributed by atoms with Crippen molar-refractivity contribution in [3.63, 3.8) is 0 Å². The minimum absolute atomic E-state index is 0.168. The van der Waals surface area contributed by atoms with E-state index in [0.717, 1.165) is 6.07 Å². The van der Waals surface area contributed by atoms with Crippen molar-refractivity contribution in [2.75, 3.05) is 32.5 Å². The molecule has 0 atom stereocenters. The Hall–Kier alpha value is -2.48. The quantitative estimate of drug-likeness (QED) is 0.830. The number of halogens is 3. The molecule has 8 heteroatoms. The van der Waals surface area contributed by atoms with Crippen molar-refractivity contribution in [2.24, 2.45) is 0 Å². The van der Waals surface area contributed by atoms with Crippen molar-refractivity contribution < 1.29 is 22.4 Å². The maximum atomic E-state index is 13.1. The molecule has 1 N–H and O–H groups in total. The average molecular weight is 369 g/mol. The van der Waals surface area contributed by atoms with Crippen LogP contribution in [0, 0.1) is 6.92 Å². The van der Waals surface area contributed by atoms with Gasteiger partial charge in [0.2, 0.25) is 0 Å². The van der Waals surface area contributed by atoms with Gasteiger partial charge in [-0.3, -0.25) is 0 Å². The number of para-hydroxylation sites is 1. The zero-order chi connectivity index (χ0) is 19.3. The summed E-state index contributed by atoms with van der Waals surface area (Å²) in [5.41, 5.74) is -1.15. The van der Waals surface area contributed by atoms with Gasteiger partial charge < -0.3 is 19.5 Å². The fourth-order valence-electron chi connectivity index (χ4n) is 2.36. The van der Waals surface area contributed by atoms with E-state index >= 15 is 0 Å². The zero-order valence-corrected chi connectivity index (χ0v) is 14.9. The summed E-state index contributed by atoms with van der Waals surface area (Å²) in [6.45, 7) is 2.86. The third-order valence-electron chi connectivity index (χ3n) is 3.72. The lowest BCUT2D eigenvalue weighted by Crippen LogP contribution is -2.39. The van der Waals surface area contributed by atoms with Gasteiger partial charge in [-0.15, -0.1) is 0 Å². The molecule has 1 aromatic heterocycles. The Morgan fingerprint density at radius 3 is 2.38 bits per heavy atom. The lowest BCUT2D eigenvalue weighted by Gasteiger charge is -2.24. The topological polar surface area (TPSA) is 48.7 Å². The number of benzene rings is 1. The fourth-order valence-corrected chi connectivity index (χ4v) is 2.36. The van der Waals surface area contributed by atoms with E-state index in [-0.39, 0.29) is 12.2 Å². The molecule has 0 saturated heterocycles. The third-order valence-corrected chi connectivity index (χ3v) is 3.72. The summed E-state index contributed by atoms with van der Waals surface area (Å²) >= 11 is 0. The number of nitrogens with one attached hydrogen (secondary N) is 1. The first-order chi connectivity index (χ1) is 12.2. The number of rotatable bonds is 6. The number of hydrogen-bond acceptors (Lipinski definition) is 3. The van der Waals surface area contributed by atoms with Gasteiger partial charge in [0, 0.05) is 13.1 Å². The molecule has 5 nitrogen and oxygen atoms in total. The predicted molar refractivity (Wildman–Crippen MR) is 92.9 cm³/mol. The van der Waals surface area contributed by atoms with Gasteiger partial charge in [-0.2, -0.15) is 13.2 Å². The van der Waals surface area contributed by atoms with Crippen LogP contribution in [0.1, 0.15) is 17.1 Å². The van der Waals surface area contributed by atoms with Crippen molar-refractivity contribution in [1.82, 2.24) is 9.80 Å². The number of urea groups is 1. The molecule has 2 rings (SSSR count). The standard InChI is InChI=1S/C18H22F3N3O2/c1-13-8-9-14(26-13)12-24(11-10-23(2)3)17(25)22-16-7-5-4-6-15(16)18(19,20)21/h4-9H,10-12H2,1-3H3,(H,22,25). The van der Waals surface area contributed by atoms with Crippen LogP contribution in [0.4, 0.5) is 23.7 Å². The minimum atomic E-state index is -4.55. The Balaban J connectivity index is 2.18. The van der Waals surface area contributed by atoms with Crippen molar-refractivity contribution >= 4 is 11.7 Å². The maximum absolute atomic E-state index is 13.1. The first-order valence-electron chi connectivity index (χ1n) is 8.09. The zero-order valence-electron chi connectivity index (χ0n) is 14.9. The molecule has 2 aromatic rings. The number of alkyl halides is 3. The molecule has 1 aromatic carbocycles. The molecule has 0 saturated carbocycles. The normalized spacial score (nSPS) is 11.7. The SMILES string of the molecule is Cc1ccc(CN(CCN(C)C)C(=O)Nc2ccccc2C(F)(F)F)o1. The van der Waals surface area contributed by atoms with Crippen LogP contribution in [0.25, 0.3) is 0 Å². The van der Waals surface area contributed by atoms with E-state index in [1.807, 2.05) is 19.0 Å². The third kappa shape index (κ3) is 5.52. The van der Waals surface area contributed by atoms with Gasteiger partial charge in [0.05, 0.1) is 17.8 Å². The van der Waals surface area contributed by atoms with Crippen molar-refractivity contribution in [3.05, 3.63) is 53.5 Å². The summed E-state index contributed by atoms with van der Waals surface area (Å²) in [6.07, 6.45) is -4.55. The van der Waals surface area contributed by atoms with Gasteiger partial charge in [-0.05, 0) is 45.3 Å². The van der Waals surface area contributed by atoms with Crippen molar-refractivity contribution in [2.45, 2.75) is 19.6 Å². The Bertz CT molecular complexity index is 741. The molecule has 0 fully saturated rings. The first-order valence-corrected chi connectivity index (χ1v) is 8.09. The van der Waals surface area contributed by atoms with Crippen LogP contribution >= 0.6 is 0 Å².